The highest BCUT2D eigenvalue weighted by molar-refractivity contribution is 5.81. The molecule has 1 amide bonds. The molecule has 0 spiro atoms. The first kappa shape index (κ1) is 21.2. The minimum atomic E-state index is -0.165. The summed E-state index contributed by atoms with van der Waals surface area (Å²) in [7, 11) is 3.99. The minimum Gasteiger partial charge on any atom is -0.378 e. The fourth-order valence-corrected chi connectivity index (χ4v) is 2.68. The maximum Gasteiger partial charge on any atom is 0.227 e. The summed E-state index contributed by atoms with van der Waals surface area (Å²) in [5, 5.41) is 14.9. The molecule has 1 aromatic carbocycles. The lowest BCUT2D eigenvalue weighted by molar-refractivity contribution is -0.123. The number of hydrogen-bond donors (Lipinski definition) is 1. The molecule has 0 bridgehead atoms. The highest BCUT2D eigenvalue weighted by Gasteiger charge is 2.16. The van der Waals surface area contributed by atoms with Crippen LogP contribution in [0.25, 0.3) is 10.4 Å². The van der Waals surface area contributed by atoms with Crippen LogP contribution in [0.15, 0.2) is 63.5 Å². The van der Waals surface area contributed by atoms with Gasteiger partial charge in [-0.1, -0.05) is 23.7 Å². The van der Waals surface area contributed by atoms with Crippen molar-refractivity contribution in [2.75, 3.05) is 32.1 Å². The van der Waals surface area contributed by atoms with Crippen LogP contribution in [0.3, 0.4) is 0 Å². The molecule has 1 unspecified atom stereocenters. The predicted octanol–water partition coefficient (Wildman–Crippen LogP) is 4.89. The first-order valence-electron chi connectivity index (χ1n) is 9.46. The van der Waals surface area contributed by atoms with E-state index in [2.05, 4.69) is 25.6 Å². The molecule has 0 saturated heterocycles. The topological polar surface area (TPSA) is 106 Å². The lowest BCUT2D eigenvalue weighted by Gasteiger charge is -2.14. The van der Waals surface area contributed by atoms with Crippen molar-refractivity contribution in [3.8, 4) is 0 Å². The Morgan fingerprint density at radius 3 is 2.64 bits per heavy atom. The lowest BCUT2D eigenvalue weighted by atomic mass is 9.98. The molecule has 1 aliphatic carbocycles. The van der Waals surface area contributed by atoms with E-state index < -0.39 is 0 Å². The molecule has 0 aliphatic heterocycles. The number of rotatable bonds is 10. The van der Waals surface area contributed by atoms with Crippen LogP contribution < -0.4 is 10.2 Å². The normalized spacial score (nSPS) is 15.8. The van der Waals surface area contributed by atoms with Gasteiger partial charge in [0.05, 0.1) is 17.3 Å². The molecule has 1 atom stereocenters. The second-order valence-corrected chi connectivity index (χ2v) is 6.75. The molecular weight excluding hydrogens is 354 g/mol. The molecule has 0 radical (unpaired) electrons. The van der Waals surface area contributed by atoms with Gasteiger partial charge in [-0.25, -0.2) is 0 Å². The summed E-state index contributed by atoms with van der Waals surface area (Å²) in [5.74, 6) is -0.140. The predicted molar refractivity (Wildman–Crippen MR) is 111 cm³/mol. The van der Waals surface area contributed by atoms with Crippen molar-refractivity contribution in [2.24, 2.45) is 21.3 Å². The minimum absolute atomic E-state index is 0.0257. The quantitative estimate of drug-likeness (QED) is 0.269. The van der Waals surface area contributed by atoms with Gasteiger partial charge in [-0.2, -0.15) is 10.2 Å². The Labute approximate surface area is 165 Å². The van der Waals surface area contributed by atoms with Crippen LogP contribution in [0.2, 0.25) is 0 Å². The Hall–Kier alpha value is -3.12. The van der Waals surface area contributed by atoms with E-state index in [1.165, 1.54) is 0 Å². The zero-order valence-corrected chi connectivity index (χ0v) is 16.5. The Kier molecular flexibility index (Phi) is 8.75. The third-order valence-electron chi connectivity index (χ3n) is 4.36. The van der Waals surface area contributed by atoms with Crippen molar-refractivity contribution in [1.29, 1.82) is 0 Å². The highest BCUT2D eigenvalue weighted by Crippen LogP contribution is 2.22. The molecule has 0 heterocycles. The number of carbonyl (C=O) groups is 1. The second-order valence-electron chi connectivity index (χ2n) is 6.75. The molecular formula is C20H27N7O. The van der Waals surface area contributed by atoms with Crippen molar-refractivity contribution in [3.63, 3.8) is 0 Å². The molecule has 0 aromatic heterocycles. The molecule has 148 valence electrons. The van der Waals surface area contributed by atoms with E-state index in [1.54, 1.807) is 0 Å². The monoisotopic (exact) mass is 381 g/mol. The Balaban J connectivity index is 1.72. The SMILES string of the molecule is CN(C)c1ccc(/N=N/C2=CCC(C(=O)NCCCCCN=[N+]=[N-])C=C2)cc1. The van der Waals surface area contributed by atoms with Gasteiger partial charge in [0.15, 0.2) is 0 Å². The Morgan fingerprint density at radius 1 is 1.21 bits per heavy atom. The Bertz CT molecular complexity index is 774. The van der Waals surface area contributed by atoms with Gasteiger partial charge in [0.2, 0.25) is 5.91 Å². The average molecular weight is 381 g/mol. The lowest BCUT2D eigenvalue weighted by Crippen LogP contribution is -2.30. The number of nitrogens with zero attached hydrogens (tertiary/aromatic N) is 6. The smallest absolute Gasteiger partial charge is 0.227 e. The molecule has 0 fully saturated rings. The fourth-order valence-electron chi connectivity index (χ4n) is 2.68. The summed E-state index contributed by atoms with van der Waals surface area (Å²) < 4.78 is 0. The number of carbonyl (C=O) groups excluding carboxylic acids is 1. The largest absolute Gasteiger partial charge is 0.378 e. The third-order valence-corrected chi connectivity index (χ3v) is 4.36. The van der Waals surface area contributed by atoms with Gasteiger partial charge in [0.1, 0.15) is 0 Å². The maximum atomic E-state index is 12.2. The van der Waals surface area contributed by atoms with E-state index in [-0.39, 0.29) is 11.8 Å². The molecule has 2 rings (SSSR count). The zero-order valence-electron chi connectivity index (χ0n) is 16.5. The van der Waals surface area contributed by atoms with E-state index in [1.807, 2.05) is 61.5 Å². The fraction of sp³-hybridized carbons (Fsp3) is 0.450. The summed E-state index contributed by atoms with van der Waals surface area (Å²) >= 11 is 0. The number of amides is 1. The van der Waals surface area contributed by atoms with Gasteiger partial charge in [-0.05, 0) is 55.1 Å². The van der Waals surface area contributed by atoms with Crippen LogP contribution >= 0.6 is 0 Å². The summed E-state index contributed by atoms with van der Waals surface area (Å²) in [6.45, 7) is 1.15. The van der Waals surface area contributed by atoms with E-state index >= 15 is 0 Å². The third kappa shape index (κ3) is 7.25. The molecule has 0 saturated carbocycles. The number of azo groups is 1. The number of unbranched alkanes of at least 4 members (excludes halogenated alkanes) is 2. The van der Waals surface area contributed by atoms with Crippen molar-refractivity contribution < 1.29 is 4.79 Å². The van der Waals surface area contributed by atoms with Crippen molar-refractivity contribution in [1.82, 2.24) is 5.32 Å². The molecule has 1 N–H and O–H groups in total. The van der Waals surface area contributed by atoms with Gasteiger partial charge >= 0.3 is 0 Å². The Morgan fingerprint density at radius 2 is 2.00 bits per heavy atom. The maximum absolute atomic E-state index is 12.2. The van der Waals surface area contributed by atoms with Gasteiger partial charge in [0, 0.05) is 37.8 Å². The van der Waals surface area contributed by atoms with E-state index in [0.29, 0.717) is 19.5 Å². The number of benzene rings is 1. The molecule has 8 nitrogen and oxygen atoms in total. The van der Waals surface area contributed by atoms with Crippen LogP contribution in [0, 0.1) is 5.92 Å². The van der Waals surface area contributed by atoms with Crippen molar-refractivity contribution in [3.05, 3.63) is 58.6 Å². The van der Waals surface area contributed by atoms with Gasteiger partial charge in [-0.15, -0.1) is 0 Å². The van der Waals surface area contributed by atoms with E-state index in [0.717, 1.165) is 36.3 Å². The average Bonchev–Trinajstić information content (AvgIpc) is 2.72. The molecule has 28 heavy (non-hydrogen) atoms. The summed E-state index contributed by atoms with van der Waals surface area (Å²) in [6, 6.07) is 7.84. The highest BCUT2D eigenvalue weighted by atomic mass is 16.1. The number of anilines is 1. The van der Waals surface area contributed by atoms with Crippen LogP contribution in [0.1, 0.15) is 25.7 Å². The van der Waals surface area contributed by atoms with Gasteiger partial charge < -0.3 is 10.2 Å². The molecule has 1 aliphatic rings. The summed E-state index contributed by atoms with van der Waals surface area (Å²) in [4.78, 5) is 16.9. The first-order valence-corrected chi connectivity index (χ1v) is 9.46. The summed E-state index contributed by atoms with van der Waals surface area (Å²) in [5.41, 5.74) is 10.9. The zero-order chi connectivity index (χ0) is 20.2. The number of allylic oxidation sites excluding steroid dienone is 2. The second kappa shape index (κ2) is 11.6. The van der Waals surface area contributed by atoms with E-state index in [4.69, 9.17) is 5.53 Å². The number of nitrogens with one attached hydrogen (secondary N) is 1. The molecule has 8 heteroatoms. The van der Waals surface area contributed by atoms with Gasteiger partial charge in [0.25, 0.3) is 0 Å². The van der Waals surface area contributed by atoms with E-state index in [9.17, 15) is 4.79 Å². The van der Waals surface area contributed by atoms with Crippen LogP contribution in [0.4, 0.5) is 11.4 Å². The summed E-state index contributed by atoms with van der Waals surface area (Å²) in [6.07, 6.45) is 8.92. The standard InChI is InChI=1S/C20H27N7O/c1-27(2)19-12-10-18(11-13-19)25-24-17-8-6-16(7-9-17)20(28)22-14-4-3-5-15-23-26-21/h6,8-13,16H,3-5,7,14-15H2,1-2H3,(H,22,28)/b25-24+. The van der Waals surface area contributed by atoms with Crippen LogP contribution in [-0.2, 0) is 4.79 Å². The van der Waals surface area contributed by atoms with Crippen LogP contribution in [0.5, 0.6) is 0 Å². The van der Waals surface area contributed by atoms with Crippen LogP contribution in [-0.4, -0.2) is 33.1 Å². The van der Waals surface area contributed by atoms with Gasteiger partial charge in [-0.3, -0.25) is 4.79 Å². The number of azide groups is 1. The van der Waals surface area contributed by atoms with Crippen molar-refractivity contribution in [2.45, 2.75) is 25.7 Å². The first-order chi connectivity index (χ1) is 13.6. The number of hydrogen-bond acceptors (Lipinski definition) is 5. The molecule has 1 aromatic rings. The van der Waals surface area contributed by atoms with Crippen molar-refractivity contribution >= 4 is 17.3 Å².